The molecule has 2 heteroatoms. The van der Waals surface area contributed by atoms with Gasteiger partial charge >= 0.3 is 0 Å². The monoisotopic (exact) mass is 235 g/mol. The Morgan fingerprint density at radius 2 is 1.82 bits per heavy atom. The lowest BCUT2D eigenvalue weighted by atomic mass is 9.90. The lowest BCUT2D eigenvalue weighted by molar-refractivity contribution is 0.154. The maximum atomic E-state index is 5.87. The number of pyridine rings is 1. The van der Waals surface area contributed by atoms with E-state index >= 15 is 0 Å². The van der Waals surface area contributed by atoms with Gasteiger partial charge in [0.1, 0.15) is 0 Å². The van der Waals surface area contributed by atoms with Crippen LogP contribution in [0.5, 0.6) is 5.88 Å². The van der Waals surface area contributed by atoms with Crippen LogP contribution >= 0.6 is 0 Å². The van der Waals surface area contributed by atoms with Crippen LogP contribution in [0.4, 0.5) is 0 Å². The molecule has 0 spiro atoms. The summed E-state index contributed by atoms with van der Waals surface area (Å²) in [5.41, 5.74) is 1.38. The third-order valence-electron chi connectivity index (χ3n) is 2.56. The number of nitrogens with zero attached hydrogens (tertiary/aromatic N) is 1. The second-order valence-corrected chi connectivity index (χ2v) is 6.25. The number of rotatable bonds is 4. The molecule has 0 aliphatic rings. The molecule has 17 heavy (non-hydrogen) atoms. The summed E-state index contributed by atoms with van der Waals surface area (Å²) in [7, 11) is 0. The fourth-order valence-corrected chi connectivity index (χ4v) is 1.93. The van der Waals surface area contributed by atoms with Crippen molar-refractivity contribution in [3.8, 4) is 5.88 Å². The van der Waals surface area contributed by atoms with Crippen LogP contribution in [0, 0.1) is 5.41 Å². The van der Waals surface area contributed by atoms with Crippen molar-refractivity contribution < 1.29 is 4.74 Å². The molecule has 0 saturated heterocycles. The Labute approximate surface area is 105 Å². The van der Waals surface area contributed by atoms with Gasteiger partial charge in [-0.3, -0.25) is 0 Å². The van der Waals surface area contributed by atoms with E-state index in [2.05, 4.69) is 46.5 Å². The van der Waals surface area contributed by atoms with Gasteiger partial charge in [-0.1, -0.05) is 40.7 Å². The predicted octanol–water partition coefficient (Wildman–Crippen LogP) is 4.41. The first-order valence-electron chi connectivity index (χ1n) is 6.41. The van der Waals surface area contributed by atoms with Crippen molar-refractivity contribution in [2.24, 2.45) is 5.41 Å². The van der Waals surface area contributed by atoms with Crippen molar-refractivity contribution in [1.29, 1.82) is 0 Å². The minimum Gasteiger partial charge on any atom is -0.475 e. The minimum atomic E-state index is 0.199. The Bertz CT molecular complexity index is 352. The first-order valence-corrected chi connectivity index (χ1v) is 6.41. The van der Waals surface area contributed by atoms with E-state index in [9.17, 15) is 0 Å². The lowest BCUT2D eigenvalue weighted by Gasteiger charge is -2.23. The zero-order valence-electron chi connectivity index (χ0n) is 11.9. The number of hydrogen-bond acceptors (Lipinski definition) is 2. The van der Waals surface area contributed by atoms with E-state index in [0.717, 1.165) is 18.0 Å². The molecule has 0 amide bonds. The van der Waals surface area contributed by atoms with Crippen LogP contribution < -0.4 is 4.74 Å². The smallest absolute Gasteiger partial charge is 0.213 e. The zero-order chi connectivity index (χ0) is 13.1. The van der Waals surface area contributed by atoms with Gasteiger partial charge in [-0.25, -0.2) is 4.98 Å². The highest BCUT2D eigenvalue weighted by Crippen LogP contribution is 2.23. The summed E-state index contributed by atoms with van der Waals surface area (Å²) < 4.78 is 5.87. The maximum absolute atomic E-state index is 5.87. The fourth-order valence-electron chi connectivity index (χ4n) is 1.93. The zero-order valence-corrected chi connectivity index (χ0v) is 11.9. The standard InChI is InChI=1S/C15H25NO/c1-11(2)13-8-7-9-14(16-13)17-12(3)10-15(4,5)6/h7-9,11-12H,10H2,1-6H3. The molecule has 1 aromatic heterocycles. The summed E-state index contributed by atoms with van der Waals surface area (Å²) in [4.78, 5) is 4.52. The number of hydrogen-bond donors (Lipinski definition) is 0. The van der Waals surface area contributed by atoms with E-state index in [1.54, 1.807) is 0 Å². The molecule has 1 heterocycles. The molecule has 0 aliphatic heterocycles. The summed E-state index contributed by atoms with van der Waals surface area (Å²) in [6.07, 6.45) is 1.23. The Kier molecular flexibility index (Phi) is 4.55. The lowest BCUT2D eigenvalue weighted by Crippen LogP contribution is -2.20. The average Bonchev–Trinajstić information content (AvgIpc) is 2.14. The van der Waals surface area contributed by atoms with Gasteiger partial charge in [0.25, 0.3) is 0 Å². The molecule has 0 N–H and O–H groups in total. The third-order valence-corrected chi connectivity index (χ3v) is 2.56. The predicted molar refractivity (Wildman–Crippen MR) is 72.5 cm³/mol. The molecule has 1 aromatic rings. The van der Waals surface area contributed by atoms with Gasteiger partial charge in [-0.15, -0.1) is 0 Å². The molecular formula is C15H25NO. The SMILES string of the molecule is CC(CC(C)(C)C)Oc1cccc(C(C)C)n1. The molecule has 0 aliphatic carbocycles. The van der Waals surface area contributed by atoms with Gasteiger partial charge in [-0.2, -0.15) is 0 Å². The highest BCUT2D eigenvalue weighted by atomic mass is 16.5. The van der Waals surface area contributed by atoms with Crippen LogP contribution in [0.15, 0.2) is 18.2 Å². The van der Waals surface area contributed by atoms with E-state index < -0.39 is 0 Å². The number of ether oxygens (including phenoxy) is 1. The normalized spacial score (nSPS) is 13.8. The molecule has 0 radical (unpaired) electrons. The van der Waals surface area contributed by atoms with E-state index in [4.69, 9.17) is 4.74 Å². The van der Waals surface area contributed by atoms with Gasteiger partial charge in [0.2, 0.25) is 5.88 Å². The molecule has 96 valence electrons. The van der Waals surface area contributed by atoms with Gasteiger partial charge < -0.3 is 4.74 Å². The van der Waals surface area contributed by atoms with Crippen molar-refractivity contribution in [3.63, 3.8) is 0 Å². The molecule has 1 unspecified atom stereocenters. The molecule has 2 nitrogen and oxygen atoms in total. The molecule has 0 aromatic carbocycles. The summed E-state index contributed by atoms with van der Waals surface area (Å²) in [5, 5.41) is 0. The summed E-state index contributed by atoms with van der Waals surface area (Å²) in [6, 6.07) is 6.00. The van der Waals surface area contributed by atoms with Gasteiger partial charge in [0.05, 0.1) is 6.10 Å². The first kappa shape index (κ1) is 14.0. The van der Waals surface area contributed by atoms with Crippen molar-refractivity contribution >= 4 is 0 Å². The largest absolute Gasteiger partial charge is 0.475 e. The van der Waals surface area contributed by atoms with Crippen molar-refractivity contribution in [1.82, 2.24) is 4.98 Å². The molecule has 0 bridgehead atoms. The van der Waals surface area contributed by atoms with Crippen molar-refractivity contribution in [2.45, 2.75) is 60.0 Å². The quantitative estimate of drug-likeness (QED) is 0.771. The van der Waals surface area contributed by atoms with Crippen LogP contribution in [0.3, 0.4) is 0 Å². The van der Waals surface area contributed by atoms with Crippen LogP contribution in [-0.4, -0.2) is 11.1 Å². The Hall–Kier alpha value is -1.05. The van der Waals surface area contributed by atoms with Gasteiger partial charge in [0.15, 0.2) is 0 Å². The molecular weight excluding hydrogens is 210 g/mol. The second-order valence-electron chi connectivity index (χ2n) is 6.25. The van der Waals surface area contributed by atoms with E-state index in [1.165, 1.54) is 0 Å². The second kappa shape index (κ2) is 5.52. The molecule has 1 atom stereocenters. The van der Waals surface area contributed by atoms with Crippen LogP contribution in [0.25, 0.3) is 0 Å². The fraction of sp³-hybridized carbons (Fsp3) is 0.667. The highest BCUT2D eigenvalue weighted by molar-refractivity contribution is 5.18. The van der Waals surface area contributed by atoms with Gasteiger partial charge in [-0.05, 0) is 30.7 Å². The maximum Gasteiger partial charge on any atom is 0.213 e. The first-order chi connectivity index (χ1) is 7.78. The van der Waals surface area contributed by atoms with Crippen LogP contribution in [0.2, 0.25) is 0 Å². The number of aromatic nitrogens is 1. The highest BCUT2D eigenvalue weighted by Gasteiger charge is 2.16. The molecule has 1 rings (SSSR count). The van der Waals surface area contributed by atoms with Gasteiger partial charge in [0, 0.05) is 11.8 Å². The van der Waals surface area contributed by atoms with Crippen LogP contribution in [0.1, 0.15) is 59.6 Å². The summed E-state index contributed by atoms with van der Waals surface area (Å²) >= 11 is 0. The molecule has 0 fully saturated rings. The van der Waals surface area contributed by atoms with Crippen molar-refractivity contribution in [3.05, 3.63) is 23.9 Å². The Morgan fingerprint density at radius 3 is 2.35 bits per heavy atom. The average molecular weight is 235 g/mol. The molecule has 0 saturated carbocycles. The summed E-state index contributed by atoms with van der Waals surface area (Å²) in [5.74, 6) is 1.18. The van der Waals surface area contributed by atoms with Crippen LogP contribution in [-0.2, 0) is 0 Å². The minimum absolute atomic E-state index is 0.199. The Balaban J connectivity index is 2.65. The topological polar surface area (TPSA) is 22.1 Å². The van der Waals surface area contributed by atoms with Crippen molar-refractivity contribution in [2.75, 3.05) is 0 Å². The van der Waals surface area contributed by atoms with E-state index in [-0.39, 0.29) is 11.5 Å². The third kappa shape index (κ3) is 5.20. The summed E-state index contributed by atoms with van der Waals surface area (Å²) in [6.45, 7) is 13.1. The van der Waals surface area contributed by atoms with E-state index in [1.807, 2.05) is 18.2 Å². The Morgan fingerprint density at radius 1 is 1.18 bits per heavy atom. The van der Waals surface area contributed by atoms with E-state index in [0.29, 0.717) is 5.92 Å².